The molecule has 0 amide bonds. The van der Waals surface area contributed by atoms with E-state index in [1.165, 1.54) is 0 Å². The van der Waals surface area contributed by atoms with Crippen LogP contribution in [0.25, 0.3) is 0 Å². The quantitative estimate of drug-likeness (QED) is 0.519. The zero-order chi connectivity index (χ0) is 8.15. The Morgan fingerprint density at radius 2 is 1.18 bits per heavy atom. The fraction of sp³-hybridized carbons (Fsp3) is 1.00. The van der Waals surface area contributed by atoms with E-state index in [9.17, 15) is 0 Å². The van der Waals surface area contributed by atoms with Gasteiger partial charge in [0.05, 0.1) is 0 Å². The van der Waals surface area contributed by atoms with Crippen LogP contribution in [0.5, 0.6) is 0 Å². The van der Waals surface area contributed by atoms with E-state index in [0.29, 0.717) is 0 Å². The molecule has 0 aliphatic rings. The summed E-state index contributed by atoms with van der Waals surface area (Å²) in [6.07, 6.45) is 0. The molecule has 0 unspecified atom stereocenters. The van der Waals surface area contributed by atoms with Gasteiger partial charge >= 0.3 is 18.9 Å². The zero-order valence-electron chi connectivity index (χ0n) is 9.28. The molecule has 0 bridgehead atoms. The van der Waals surface area contributed by atoms with Gasteiger partial charge in [0.2, 0.25) is 0 Å². The Morgan fingerprint density at radius 3 is 1.36 bits per heavy atom. The minimum Gasteiger partial charge on any atom is -0.206 e. The Labute approximate surface area is 88.7 Å². The molecular weight excluding hydrogens is 142 g/mol. The molecule has 0 rings (SSSR count). The molecule has 11 heavy (non-hydrogen) atoms. The molecule has 0 heterocycles. The third-order valence-electron chi connectivity index (χ3n) is 2.14. The minimum atomic E-state index is -0.647. The van der Waals surface area contributed by atoms with Crippen molar-refractivity contribution >= 4 is 14.1 Å². The van der Waals surface area contributed by atoms with E-state index in [1.54, 1.807) is 10.6 Å². The first-order valence-electron chi connectivity index (χ1n) is 4.83. The molecular formula is C9H22AlLi. The van der Waals surface area contributed by atoms with Crippen LogP contribution in [0.2, 0.25) is 16.4 Å². The van der Waals surface area contributed by atoms with E-state index in [1.807, 2.05) is 0 Å². The Balaban J connectivity index is 0. The van der Waals surface area contributed by atoms with Crippen LogP contribution in [0.3, 0.4) is 0 Å². The predicted molar refractivity (Wildman–Crippen MR) is 52.3 cm³/mol. The van der Waals surface area contributed by atoms with Gasteiger partial charge in [-0.1, -0.05) is 39.5 Å². The first-order valence-corrected chi connectivity index (χ1v) is 8.25. The summed E-state index contributed by atoms with van der Waals surface area (Å²) in [6.45, 7) is 9.39. The third-order valence-corrected chi connectivity index (χ3v) is 6.42. The van der Waals surface area contributed by atoms with Crippen LogP contribution in [0.4, 0.5) is 0 Å². The topological polar surface area (TPSA) is 0 Å². The van der Waals surface area contributed by atoms with Crippen LogP contribution in [-0.4, -0.2) is 14.1 Å². The number of hydrogen-bond acceptors (Lipinski definition) is 0. The molecule has 0 saturated carbocycles. The average molecular weight is 164 g/mol. The first-order chi connectivity index (χ1) is 4.52. The van der Waals surface area contributed by atoms with Gasteiger partial charge in [-0.3, -0.25) is 0 Å². The summed E-state index contributed by atoms with van der Waals surface area (Å²) >= 11 is -0.647. The monoisotopic (exact) mass is 164 g/mol. The van der Waals surface area contributed by atoms with Crippen LogP contribution >= 0.6 is 0 Å². The van der Waals surface area contributed by atoms with E-state index in [2.05, 4.69) is 33.5 Å². The standard InChI is InChI=1S/2C4H9.CH3.Al.Li.H/c2*1-4(2)3;;;;/h2*4H,1H2,2-3H3;1H3;;;/q;;;-1;+1;. The van der Waals surface area contributed by atoms with Gasteiger partial charge in [0.1, 0.15) is 14.1 Å². The number of hydrogen-bond donors (Lipinski definition) is 0. The van der Waals surface area contributed by atoms with Crippen molar-refractivity contribution in [3.8, 4) is 0 Å². The van der Waals surface area contributed by atoms with Crippen molar-refractivity contribution in [2.45, 2.75) is 44.0 Å². The summed E-state index contributed by atoms with van der Waals surface area (Å²) in [5.74, 6) is 4.43. The summed E-state index contributed by atoms with van der Waals surface area (Å²) in [5.41, 5.74) is 0. The van der Waals surface area contributed by atoms with Crippen LogP contribution in [0, 0.1) is 11.8 Å². The summed E-state index contributed by atoms with van der Waals surface area (Å²) in [6, 6.07) is 0. The average Bonchev–Trinajstić information content (AvgIpc) is 1.58. The molecule has 2 heteroatoms. The maximum absolute atomic E-state index is 2.54. The molecule has 0 aliphatic carbocycles. The molecule has 0 radical (unpaired) electrons. The predicted octanol–water partition coefficient (Wildman–Crippen LogP) is 0.159. The Kier molecular flexibility index (Phi) is 10.3. The van der Waals surface area contributed by atoms with Gasteiger partial charge < -0.3 is 0 Å². The second-order valence-electron chi connectivity index (χ2n) is 4.72. The van der Waals surface area contributed by atoms with Crippen molar-refractivity contribution in [3.05, 3.63) is 0 Å². The second-order valence-corrected chi connectivity index (χ2v) is 8.58. The molecule has 0 aliphatic heterocycles. The fourth-order valence-corrected chi connectivity index (χ4v) is 6.27. The summed E-state index contributed by atoms with van der Waals surface area (Å²) in [4.78, 5) is 0. The minimum absolute atomic E-state index is 0. The molecule has 0 aromatic rings. The molecule has 0 N–H and O–H groups in total. The Bertz CT molecular complexity index is 71.6. The van der Waals surface area contributed by atoms with E-state index in [4.69, 9.17) is 0 Å². The maximum atomic E-state index is 2.54. The normalized spacial score (nSPS) is 10.9. The van der Waals surface area contributed by atoms with Crippen molar-refractivity contribution in [1.82, 2.24) is 0 Å². The van der Waals surface area contributed by atoms with E-state index in [0.717, 1.165) is 11.8 Å². The summed E-state index contributed by atoms with van der Waals surface area (Å²) in [5, 5.41) is 3.13. The van der Waals surface area contributed by atoms with Crippen molar-refractivity contribution in [2.75, 3.05) is 0 Å². The second kappa shape index (κ2) is 7.76. The molecule has 0 saturated heterocycles. The van der Waals surface area contributed by atoms with Gasteiger partial charge in [-0.2, -0.15) is 10.6 Å². The Hall–Kier alpha value is 1.13. The van der Waals surface area contributed by atoms with Gasteiger partial charge in [-0.15, -0.1) is 0 Å². The van der Waals surface area contributed by atoms with Gasteiger partial charge in [-0.25, -0.2) is 5.79 Å². The van der Waals surface area contributed by atoms with Crippen molar-refractivity contribution in [3.63, 3.8) is 0 Å². The van der Waals surface area contributed by atoms with Gasteiger partial charge in [-0.05, 0) is 0 Å². The van der Waals surface area contributed by atoms with Crippen molar-refractivity contribution in [1.29, 1.82) is 0 Å². The Morgan fingerprint density at radius 1 is 0.909 bits per heavy atom. The fourth-order valence-electron chi connectivity index (χ4n) is 2.09. The van der Waals surface area contributed by atoms with Gasteiger partial charge in [0, 0.05) is 0 Å². The van der Waals surface area contributed by atoms with Crippen molar-refractivity contribution < 1.29 is 18.9 Å². The third kappa shape index (κ3) is 11.1. The van der Waals surface area contributed by atoms with E-state index < -0.39 is 14.1 Å². The van der Waals surface area contributed by atoms with Crippen molar-refractivity contribution in [2.24, 2.45) is 11.8 Å². The molecule has 0 aromatic carbocycles. The molecule has 0 aromatic heterocycles. The first kappa shape index (κ1) is 14.6. The van der Waals surface area contributed by atoms with Crippen LogP contribution < -0.4 is 18.9 Å². The maximum Gasteiger partial charge on any atom is 1.00 e. The van der Waals surface area contributed by atoms with Gasteiger partial charge in [0.15, 0.2) is 0 Å². The van der Waals surface area contributed by atoms with Crippen LogP contribution in [0.15, 0.2) is 0 Å². The van der Waals surface area contributed by atoms with Gasteiger partial charge in [0.25, 0.3) is 0 Å². The largest absolute Gasteiger partial charge is 1.00 e. The SMILES string of the molecule is CC(C)[CH2][AlH-]([CH3])[CH2]C(C)C.[Li+]. The van der Waals surface area contributed by atoms with Crippen LogP contribution in [-0.2, 0) is 0 Å². The van der Waals surface area contributed by atoms with E-state index in [-0.39, 0.29) is 18.9 Å². The van der Waals surface area contributed by atoms with E-state index >= 15 is 0 Å². The molecule has 62 valence electrons. The summed E-state index contributed by atoms with van der Waals surface area (Å²) < 4.78 is 0. The molecule has 0 spiro atoms. The molecule has 0 fully saturated rings. The summed E-state index contributed by atoms with van der Waals surface area (Å²) in [7, 11) is 0. The molecule has 0 nitrogen and oxygen atoms in total. The zero-order valence-corrected chi connectivity index (χ0v) is 10.7. The van der Waals surface area contributed by atoms with Crippen LogP contribution in [0.1, 0.15) is 27.7 Å². The number of rotatable bonds is 4. The smallest absolute Gasteiger partial charge is 0.206 e. The molecule has 0 atom stereocenters.